The van der Waals surface area contributed by atoms with Crippen molar-refractivity contribution in [1.82, 2.24) is 0 Å². The summed E-state index contributed by atoms with van der Waals surface area (Å²) < 4.78 is 0. The van der Waals surface area contributed by atoms with E-state index in [9.17, 15) is 30.0 Å². The molecule has 4 aliphatic carbocycles. The van der Waals surface area contributed by atoms with Crippen molar-refractivity contribution in [2.45, 2.75) is 126 Å². The molecule has 6 nitrogen and oxygen atoms in total. The second-order valence-electron chi connectivity index (χ2n) is 17.0. The van der Waals surface area contributed by atoms with Crippen LogP contribution in [0.15, 0.2) is 47.6 Å². The molecule has 0 spiro atoms. The zero-order valence-electron chi connectivity index (χ0n) is 30.5. The number of carbonyl (C=O) groups is 2. The standard InChI is InChI=1S/C29H40O4.C13H16O2/c1-17-18-7-8-21-27(4,19(18)15-20(30)23(17)31)12-14-29(6)22-16-26(3,24(32)33)10-9-25(22,2)11-13-28(21,29)5;1-9(2)4-5-12-8-11(10(3)14)6-7-13(12)15/h8,15,22,30-31H,7,9-14,16H2,1-6H3,(H,32,33);4,6-8,15H,5H2,1-3H3. The molecule has 6 rings (SSSR count). The molecule has 6 heteroatoms. The molecule has 0 aliphatic heterocycles. The maximum absolute atomic E-state index is 12.3. The Bertz CT molecular complexity index is 1710. The average Bonchev–Trinajstić information content (AvgIpc) is 3.02. The molecule has 3 saturated carbocycles. The maximum atomic E-state index is 12.3. The molecular weight excluding hydrogens is 600 g/mol. The van der Waals surface area contributed by atoms with Crippen molar-refractivity contribution in [3.63, 3.8) is 0 Å². The predicted octanol–water partition coefficient (Wildman–Crippen LogP) is 9.75. The Morgan fingerprint density at radius 2 is 1.54 bits per heavy atom. The van der Waals surface area contributed by atoms with Gasteiger partial charge in [0.25, 0.3) is 0 Å². The minimum absolute atomic E-state index is 0.00431. The number of Topliss-reactive ketones (excluding diaryl/α,β-unsaturated/α-hetero) is 1. The number of aliphatic carboxylic acids is 1. The van der Waals surface area contributed by atoms with Crippen molar-refractivity contribution >= 4 is 11.8 Å². The smallest absolute Gasteiger partial charge is 0.309 e. The van der Waals surface area contributed by atoms with Crippen molar-refractivity contribution in [3.05, 3.63) is 75.4 Å². The third kappa shape index (κ3) is 5.57. The second kappa shape index (κ2) is 12.1. The van der Waals surface area contributed by atoms with Gasteiger partial charge in [0.05, 0.1) is 5.41 Å². The lowest BCUT2D eigenvalue weighted by molar-refractivity contribution is -0.177. The zero-order valence-corrected chi connectivity index (χ0v) is 30.5. The lowest BCUT2D eigenvalue weighted by Gasteiger charge is -2.69. The first-order chi connectivity index (χ1) is 22.2. The van der Waals surface area contributed by atoms with Crippen LogP contribution in [0.2, 0.25) is 0 Å². The summed E-state index contributed by atoms with van der Waals surface area (Å²) in [4.78, 5) is 23.4. The van der Waals surface area contributed by atoms with E-state index < -0.39 is 11.4 Å². The number of benzene rings is 2. The number of rotatable bonds is 4. The van der Waals surface area contributed by atoms with E-state index in [2.05, 4.69) is 33.8 Å². The molecule has 4 N–H and O–H groups in total. The average molecular weight is 657 g/mol. The monoisotopic (exact) mass is 656 g/mol. The highest BCUT2D eigenvalue weighted by Crippen LogP contribution is 2.74. The first-order valence-electron chi connectivity index (χ1n) is 17.7. The Balaban J connectivity index is 0.000000253. The quantitative estimate of drug-likeness (QED) is 0.148. The zero-order chi connectivity index (χ0) is 35.6. The van der Waals surface area contributed by atoms with Gasteiger partial charge in [0.2, 0.25) is 0 Å². The van der Waals surface area contributed by atoms with Gasteiger partial charge in [-0.1, -0.05) is 51.0 Å². The fraction of sp³-hybridized carbons (Fsp3) is 0.571. The van der Waals surface area contributed by atoms with Gasteiger partial charge in [-0.15, -0.1) is 0 Å². The summed E-state index contributed by atoms with van der Waals surface area (Å²) in [6, 6.07) is 6.78. The third-order valence-corrected chi connectivity index (χ3v) is 13.8. The van der Waals surface area contributed by atoms with E-state index in [1.54, 1.807) is 18.2 Å². The Hall–Kier alpha value is -3.54. The highest BCUT2D eigenvalue weighted by molar-refractivity contribution is 5.94. The molecule has 4 aliphatic rings. The summed E-state index contributed by atoms with van der Waals surface area (Å²) >= 11 is 0. The van der Waals surface area contributed by atoms with Gasteiger partial charge in [-0.3, -0.25) is 9.59 Å². The summed E-state index contributed by atoms with van der Waals surface area (Å²) in [5.74, 6) is -0.0124. The van der Waals surface area contributed by atoms with E-state index in [1.807, 2.05) is 39.8 Å². The van der Waals surface area contributed by atoms with Crippen LogP contribution >= 0.6 is 0 Å². The van der Waals surface area contributed by atoms with Crippen molar-refractivity contribution in [3.8, 4) is 17.2 Å². The van der Waals surface area contributed by atoms with Crippen LogP contribution < -0.4 is 0 Å². The van der Waals surface area contributed by atoms with Gasteiger partial charge in [-0.25, -0.2) is 0 Å². The Kier molecular flexibility index (Phi) is 9.02. The first kappa shape index (κ1) is 35.8. The molecule has 0 bridgehead atoms. The number of hydrogen-bond acceptors (Lipinski definition) is 5. The molecule has 0 heterocycles. The fourth-order valence-corrected chi connectivity index (χ4v) is 10.2. The van der Waals surface area contributed by atoms with Gasteiger partial charge in [-0.05, 0) is 161 Å². The summed E-state index contributed by atoms with van der Waals surface area (Å²) in [5, 5.41) is 40.5. The summed E-state index contributed by atoms with van der Waals surface area (Å²) in [5.41, 5.74) is 6.64. The number of phenolic OH excluding ortho intramolecular Hbond substituents is 3. The van der Waals surface area contributed by atoms with Crippen LogP contribution in [0.3, 0.4) is 0 Å². The maximum Gasteiger partial charge on any atom is 0.309 e. The van der Waals surface area contributed by atoms with E-state index in [1.165, 1.54) is 23.6 Å². The van der Waals surface area contributed by atoms with Crippen LogP contribution in [0.25, 0.3) is 0 Å². The molecule has 2 aromatic carbocycles. The molecule has 3 fully saturated rings. The summed E-state index contributed by atoms with van der Waals surface area (Å²) in [6.07, 6.45) is 12.7. The number of carboxylic acid groups (broad SMARTS) is 1. The molecule has 0 radical (unpaired) electrons. The van der Waals surface area contributed by atoms with E-state index >= 15 is 0 Å². The molecule has 260 valence electrons. The van der Waals surface area contributed by atoms with Crippen LogP contribution in [0.4, 0.5) is 0 Å². The van der Waals surface area contributed by atoms with E-state index in [0.717, 1.165) is 68.1 Å². The second-order valence-corrected chi connectivity index (χ2v) is 17.0. The van der Waals surface area contributed by atoms with Gasteiger partial charge >= 0.3 is 5.97 Å². The molecule has 48 heavy (non-hydrogen) atoms. The van der Waals surface area contributed by atoms with Gasteiger partial charge in [-0.2, -0.15) is 0 Å². The molecule has 0 aromatic heterocycles. The Morgan fingerprint density at radius 3 is 2.17 bits per heavy atom. The largest absolute Gasteiger partial charge is 0.508 e. The molecule has 2 aromatic rings. The number of allylic oxidation sites excluding steroid dienone is 4. The van der Waals surface area contributed by atoms with Gasteiger partial charge in [0.15, 0.2) is 17.3 Å². The van der Waals surface area contributed by atoms with Crippen LogP contribution in [0, 0.1) is 34.5 Å². The van der Waals surface area contributed by atoms with Crippen molar-refractivity contribution in [1.29, 1.82) is 0 Å². The molecule has 0 amide bonds. The topological polar surface area (TPSA) is 115 Å². The lowest BCUT2D eigenvalue weighted by atomic mass is 9.34. The first-order valence-corrected chi connectivity index (χ1v) is 17.7. The Morgan fingerprint density at radius 1 is 0.875 bits per heavy atom. The number of hydrogen-bond donors (Lipinski definition) is 4. The normalized spacial score (nSPS) is 33.4. The van der Waals surface area contributed by atoms with Crippen molar-refractivity contribution in [2.24, 2.45) is 27.6 Å². The Labute approximate surface area is 287 Å². The summed E-state index contributed by atoms with van der Waals surface area (Å²) in [6.45, 7) is 19.1. The number of ketones is 1. The van der Waals surface area contributed by atoms with E-state index in [0.29, 0.717) is 17.9 Å². The molecule has 6 atom stereocenters. The summed E-state index contributed by atoms with van der Waals surface area (Å²) in [7, 11) is 0. The predicted molar refractivity (Wildman–Crippen MR) is 191 cm³/mol. The molecular formula is C42H56O6. The van der Waals surface area contributed by atoms with Crippen molar-refractivity contribution < 1.29 is 30.0 Å². The highest BCUT2D eigenvalue weighted by Gasteiger charge is 2.67. The highest BCUT2D eigenvalue weighted by atomic mass is 16.4. The van der Waals surface area contributed by atoms with E-state index in [4.69, 9.17) is 0 Å². The van der Waals surface area contributed by atoms with Crippen LogP contribution in [0.1, 0.15) is 133 Å². The third-order valence-electron chi connectivity index (χ3n) is 13.8. The molecule has 0 saturated heterocycles. The minimum atomic E-state index is -0.641. The number of carboxylic acids is 1. The minimum Gasteiger partial charge on any atom is -0.508 e. The number of aromatic hydroxyl groups is 3. The SMILES string of the molecule is CC(=O)c1ccc(O)c(CC=C(C)C)c1.Cc1c(O)c(O)cc2c1CC=C1C2(C)CCC2(C)C3CC(C)(C(=O)O)CCC3(C)CCC12C. The van der Waals surface area contributed by atoms with E-state index in [-0.39, 0.29) is 44.7 Å². The van der Waals surface area contributed by atoms with Crippen LogP contribution in [-0.2, 0) is 23.1 Å². The van der Waals surface area contributed by atoms with Crippen LogP contribution in [0.5, 0.6) is 17.2 Å². The molecule has 6 unspecified atom stereocenters. The number of carbonyl (C=O) groups excluding carboxylic acids is 1. The van der Waals surface area contributed by atoms with Gasteiger partial charge in [0.1, 0.15) is 5.75 Å². The van der Waals surface area contributed by atoms with Gasteiger partial charge in [0, 0.05) is 11.0 Å². The fourth-order valence-electron chi connectivity index (χ4n) is 10.2. The van der Waals surface area contributed by atoms with Crippen LogP contribution in [-0.4, -0.2) is 32.2 Å². The number of phenols is 3. The van der Waals surface area contributed by atoms with Crippen molar-refractivity contribution in [2.75, 3.05) is 0 Å². The lowest BCUT2D eigenvalue weighted by Crippen LogP contribution is -2.62. The van der Waals surface area contributed by atoms with Gasteiger partial charge < -0.3 is 20.4 Å². The number of fused-ring (bicyclic) bond motifs is 7.